The first-order valence-corrected chi connectivity index (χ1v) is 8.38. The average molecular weight is 324 g/mol. The fourth-order valence-electron chi connectivity index (χ4n) is 3.98. The van der Waals surface area contributed by atoms with E-state index in [2.05, 4.69) is 30.3 Å². The summed E-state index contributed by atoms with van der Waals surface area (Å²) in [5, 5.41) is 23.3. The molecule has 0 aromatic heterocycles. The molecule has 2 nitrogen and oxygen atoms in total. The summed E-state index contributed by atoms with van der Waals surface area (Å²) >= 11 is 0. The molecular formula is C23H16O2. The molecule has 0 spiro atoms. The topological polar surface area (TPSA) is 40.5 Å². The predicted molar refractivity (Wildman–Crippen MR) is 101 cm³/mol. The second kappa shape index (κ2) is 5.12. The van der Waals surface area contributed by atoms with E-state index in [9.17, 15) is 10.2 Å². The van der Waals surface area contributed by atoms with Crippen molar-refractivity contribution in [3.05, 3.63) is 83.9 Å². The zero-order chi connectivity index (χ0) is 17.0. The maximum atomic E-state index is 10.7. The van der Waals surface area contributed by atoms with Crippen LogP contribution >= 0.6 is 0 Å². The molecule has 0 heterocycles. The molecule has 2 heteroatoms. The summed E-state index contributed by atoms with van der Waals surface area (Å²) in [6.45, 7) is 0. The second-order valence-corrected chi connectivity index (χ2v) is 6.51. The molecule has 0 radical (unpaired) electrons. The SMILES string of the molecule is Oc1cc2c(c(-c3cccc4ccccc34)c1O)Cc1ccccc1-2. The van der Waals surface area contributed by atoms with E-state index < -0.39 is 0 Å². The molecule has 4 aromatic carbocycles. The minimum absolute atomic E-state index is 0.0390. The Bertz CT molecular complexity index is 1140. The van der Waals surface area contributed by atoms with Crippen molar-refractivity contribution in [3.63, 3.8) is 0 Å². The van der Waals surface area contributed by atoms with E-state index in [0.717, 1.165) is 45.0 Å². The van der Waals surface area contributed by atoms with Crippen molar-refractivity contribution in [2.45, 2.75) is 6.42 Å². The van der Waals surface area contributed by atoms with Crippen LogP contribution in [0.1, 0.15) is 11.1 Å². The number of phenols is 2. The number of phenolic OH excluding ortho intramolecular Hbond substituents is 2. The van der Waals surface area contributed by atoms with Gasteiger partial charge in [0.05, 0.1) is 0 Å². The summed E-state index contributed by atoms with van der Waals surface area (Å²) in [5.41, 5.74) is 6.14. The Morgan fingerprint density at radius 3 is 2.32 bits per heavy atom. The first-order valence-electron chi connectivity index (χ1n) is 8.38. The number of benzene rings is 4. The maximum Gasteiger partial charge on any atom is 0.165 e. The summed E-state index contributed by atoms with van der Waals surface area (Å²) in [6, 6.07) is 24.1. The summed E-state index contributed by atoms with van der Waals surface area (Å²) in [5.74, 6) is -0.110. The average Bonchev–Trinajstić information content (AvgIpc) is 3.00. The van der Waals surface area contributed by atoms with Crippen LogP contribution in [-0.4, -0.2) is 10.2 Å². The van der Waals surface area contributed by atoms with Gasteiger partial charge in [0.1, 0.15) is 0 Å². The lowest BCUT2D eigenvalue weighted by Gasteiger charge is -2.15. The van der Waals surface area contributed by atoms with Gasteiger partial charge in [0.25, 0.3) is 0 Å². The molecule has 4 aromatic rings. The minimum atomic E-state index is -0.0709. The summed E-state index contributed by atoms with van der Waals surface area (Å²) in [4.78, 5) is 0. The van der Waals surface area contributed by atoms with Gasteiger partial charge in [-0.2, -0.15) is 0 Å². The lowest BCUT2D eigenvalue weighted by Crippen LogP contribution is -1.91. The minimum Gasteiger partial charge on any atom is -0.504 e. The van der Waals surface area contributed by atoms with Gasteiger partial charge in [0, 0.05) is 5.56 Å². The summed E-state index contributed by atoms with van der Waals surface area (Å²) in [6.07, 6.45) is 0.762. The van der Waals surface area contributed by atoms with Crippen molar-refractivity contribution >= 4 is 10.8 Å². The van der Waals surface area contributed by atoms with Crippen LogP contribution in [0.3, 0.4) is 0 Å². The largest absolute Gasteiger partial charge is 0.504 e. The van der Waals surface area contributed by atoms with Crippen molar-refractivity contribution in [2.75, 3.05) is 0 Å². The molecule has 0 fully saturated rings. The fourth-order valence-corrected chi connectivity index (χ4v) is 3.98. The lowest BCUT2D eigenvalue weighted by atomic mass is 9.91. The van der Waals surface area contributed by atoms with E-state index >= 15 is 0 Å². The van der Waals surface area contributed by atoms with E-state index in [1.807, 2.05) is 36.4 Å². The molecule has 0 atom stereocenters. The van der Waals surface area contributed by atoms with Crippen molar-refractivity contribution in [1.82, 2.24) is 0 Å². The molecule has 1 aliphatic rings. The Kier molecular flexibility index (Phi) is 2.89. The third kappa shape index (κ3) is 1.97. The van der Waals surface area contributed by atoms with Gasteiger partial charge >= 0.3 is 0 Å². The van der Waals surface area contributed by atoms with Crippen LogP contribution in [0.15, 0.2) is 72.8 Å². The van der Waals surface area contributed by atoms with Gasteiger partial charge in [-0.15, -0.1) is 0 Å². The zero-order valence-corrected chi connectivity index (χ0v) is 13.5. The Balaban J connectivity index is 1.88. The normalized spacial score (nSPS) is 12.2. The van der Waals surface area contributed by atoms with E-state index in [1.54, 1.807) is 6.07 Å². The van der Waals surface area contributed by atoms with Gasteiger partial charge in [-0.05, 0) is 51.1 Å². The van der Waals surface area contributed by atoms with Crippen LogP contribution in [0.2, 0.25) is 0 Å². The second-order valence-electron chi connectivity index (χ2n) is 6.51. The van der Waals surface area contributed by atoms with Crippen LogP contribution in [0.4, 0.5) is 0 Å². The van der Waals surface area contributed by atoms with Gasteiger partial charge in [-0.3, -0.25) is 0 Å². The molecule has 5 rings (SSSR count). The van der Waals surface area contributed by atoms with Crippen LogP contribution in [0.25, 0.3) is 33.0 Å². The molecule has 2 N–H and O–H groups in total. The molecule has 0 saturated carbocycles. The highest BCUT2D eigenvalue weighted by Crippen LogP contribution is 2.50. The molecule has 0 aliphatic heterocycles. The van der Waals surface area contributed by atoms with Gasteiger partial charge < -0.3 is 10.2 Å². The molecule has 0 saturated heterocycles. The highest BCUT2D eigenvalue weighted by Gasteiger charge is 2.26. The number of aromatic hydroxyl groups is 2. The number of fused-ring (bicyclic) bond motifs is 4. The van der Waals surface area contributed by atoms with Crippen molar-refractivity contribution in [1.29, 1.82) is 0 Å². The lowest BCUT2D eigenvalue weighted by molar-refractivity contribution is 0.405. The number of hydrogen-bond acceptors (Lipinski definition) is 2. The summed E-state index contributed by atoms with van der Waals surface area (Å²) < 4.78 is 0. The first-order chi connectivity index (χ1) is 12.2. The van der Waals surface area contributed by atoms with Crippen LogP contribution < -0.4 is 0 Å². The third-order valence-corrected chi connectivity index (χ3v) is 5.12. The Labute approximate surface area is 145 Å². The molecular weight excluding hydrogens is 308 g/mol. The van der Waals surface area contributed by atoms with E-state index in [4.69, 9.17) is 0 Å². The van der Waals surface area contributed by atoms with E-state index in [-0.39, 0.29) is 11.5 Å². The Morgan fingerprint density at radius 1 is 0.680 bits per heavy atom. The maximum absolute atomic E-state index is 10.7. The Morgan fingerprint density at radius 2 is 1.40 bits per heavy atom. The standard InChI is InChI=1S/C23H16O2/c24-21-13-19-17-10-4-2-7-15(17)12-20(19)22(23(21)25)18-11-5-8-14-6-1-3-9-16(14)18/h1-11,13,24-25H,12H2. The van der Waals surface area contributed by atoms with E-state index in [1.165, 1.54) is 5.56 Å². The molecule has 0 amide bonds. The van der Waals surface area contributed by atoms with Crippen molar-refractivity contribution < 1.29 is 10.2 Å². The molecule has 1 aliphatic carbocycles. The molecule has 0 unspecified atom stereocenters. The number of hydrogen-bond donors (Lipinski definition) is 2. The highest BCUT2D eigenvalue weighted by atomic mass is 16.3. The monoisotopic (exact) mass is 324 g/mol. The third-order valence-electron chi connectivity index (χ3n) is 5.12. The number of rotatable bonds is 1. The smallest absolute Gasteiger partial charge is 0.165 e. The highest BCUT2D eigenvalue weighted by molar-refractivity contribution is 6.01. The quantitative estimate of drug-likeness (QED) is 0.400. The predicted octanol–water partition coefficient (Wildman–Crippen LogP) is 5.49. The van der Waals surface area contributed by atoms with Crippen LogP contribution in [0, 0.1) is 0 Å². The van der Waals surface area contributed by atoms with Crippen LogP contribution in [0.5, 0.6) is 11.5 Å². The van der Waals surface area contributed by atoms with Crippen LogP contribution in [-0.2, 0) is 6.42 Å². The Hall–Kier alpha value is -3.26. The van der Waals surface area contributed by atoms with Gasteiger partial charge in [0.2, 0.25) is 0 Å². The van der Waals surface area contributed by atoms with Gasteiger partial charge in [0.15, 0.2) is 11.5 Å². The molecule has 25 heavy (non-hydrogen) atoms. The van der Waals surface area contributed by atoms with Crippen molar-refractivity contribution in [2.24, 2.45) is 0 Å². The first kappa shape index (κ1) is 14.1. The fraction of sp³-hybridized carbons (Fsp3) is 0.0435. The van der Waals surface area contributed by atoms with E-state index in [0.29, 0.717) is 0 Å². The van der Waals surface area contributed by atoms with Gasteiger partial charge in [-0.1, -0.05) is 66.7 Å². The van der Waals surface area contributed by atoms with Crippen molar-refractivity contribution in [3.8, 4) is 33.8 Å². The zero-order valence-electron chi connectivity index (χ0n) is 13.5. The van der Waals surface area contributed by atoms with Gasteiger partial charge in [-0.25, -0.2) is 0 Å². The molecule has 120 valence electrons. The summed E-state index contributed by atoms with van der Waals surface area (Å²) in [7, 11) is 0. The molecule has 0 bridgehead atoms.